The second-order valence-electron chi connectivity index (χ2n) is 7.28. The summed E-state index contributed by atoms with van der Waals surface area (Å²) in [5, 5.41) is 21.7. The zero-order valence-electron chi connectivity index (χ0n) is 15.7. The van der Waals surface area contributed by atoms with Gasteiger partial charge in [0.15, 0.2) is 5.54 Å². The quantitative estimate of drug-likeness (QED) is 0.418. The van der Waals surface area contributed by atoms with Gasteiger partial charge in [-0.15, -0.1) is 0 Å². The summed E-state index contributed by atoms with van der Waals surface area (Å²) >= 11 is 0. The van der Waals surface area contributed by atoms with E-state index in [1.165, 1.54) is 12.3 Å². The van der Waals surface area contributed by atoms with E-state index in [2.05, 4.69) is 15.0 Å². The number of aromatic nitrogens is 2. The van der Waals surface area contributed by atoms with Crippen LogP contribution in [0.5, 0.6) is 0 Å². The third-order valence-electron chi connectivity index (χ3n) is 5.64. The summed E-state index contributed by atoms with van der Waals surface area (Å²) < 4.78 is 0. The van der Waals surface area contributed by atoms with Crippen molar-refractivity contribution in [3.8, 4) is 0 Å². The van der Waals surface area contributed by atoms with Gasteiger partial charge in [0, 0.05) is 17.2 Å². The maximum absolute atomic E-state index is 12.5. The highest BCUT2D eigenvalue weighted by Crippen LogP contribution is 2.46. The molecule has 7 nitrogen and oxygen atoms in total. The molecule has 0 spiro atoms. The molecule has 148 valence electrons. The minimum absolute atomic E-state index is 0.227. The minimum Gasteiger partial charge on any atom is -0.481 e. The SMILES string of the molecule is O=C(O)C1=CC=NC(c2cc3ccccc3[nH]2)(c2cc3ccccc3[nH]2)C1C(=O)O. The van der Waals surface area contributed by atoms with Crippen LogP contribution >= 0.6 is 0 Å². The molecule has 7 heteroatoms. The van der Waals surface area contributed by atoms with Crippen molar-refractivity contribution in [1.82, 2.24) is 9.97 Å². The van der Waals surface area contributed by atoms with Gasteiger partial charge in [0.2, 0.25) is 0 Å². The summed E-state index contributed by atoms with van der Waals surface area (Å²) in [6, 6.07) is 18.8. The molecule has 4 N–H and O–H groups in total. The van der Waals surface area contributed by atoms with Crippen LogP contribution in [0.15, 0.2) is 77.3 Å². The first-order chi connectivity index (χ1) is 14.5. The fourth-order valence-corrected chi connectivity index (χ4v) is 4.29. The van der Waals surface area contributed by atoms with Crippen molar-refractivity contribution >= 4 is 40.0 Å². The summed E-state index contributed by atoms with van der Waals surface area (Å²) in [6.07, 6.45) is 2.63. The van der Waals surface area contributed by atoms with E-state index in [1.54, 1.807) is 0 Å². The average molecular weight is 399 g/mol. The molecule has 0 bridgehead atoms. The van der Waals surface area contributed by atoms with Gasteiger partial charge in [-0.3, -0.25) is 9.79 Å². The number of carboxylic acid groups (broad SMARTS) is 2. The number of rotatable bonds is 4. The molecule has 5 rings (SSSR count). The maximum atomic E-state index is 12.5. The maximum Gasteiger partial charge on any atom is 0.332 e. The predicted molar refractivity (Wildman–Crippen MR) is 113 cm³/mol. The van der Waals surface area contributed by atoms with Crippen LogP contribution < -0.4 is 0 Å². The van der Waals surface area contributed by atoms with E-state index in [-0.39, 0.29) is 5.57 Å². The van der Waals surface area contributed by atoms with Crippen LogP contribution in [0, 0.1) is 5.92 Å². The van der Waals surface area contributed by atoms with E-state index >= 15 is 0 Å². The number of aliphatic imine (C=N–C) groups is 1. The van der Waals surface area contributed by atoms with Crippen LogP contribution in [0.25, 0.3) is 21.8 Å². The first-order valence-corrected chi connectivity index (χ1v) is 9.38. The topological polar surface area (TPSA) is 119 Å². The number of hydrogen-bond acceptors (Lipinski definition) is 3. The number of fused-ring (bicyclic) bond motifs is 2. The number of nitrogens with one attached hydrogen (secondary N) is 2. The number of H-pyrrole nitrogens is 2. The van der Waals surface area contributed by atoms with E-state index in [4.69, 9.17) is 0 Å². The Morgan fingerprint density at radius 1 is 0.867 bits per heavy atom. The molecule has 4 aromatic rings. The second-order valence-corrected chi connectivity index (χ2v) is 7.28. The Balaban J connectivity index is 1.86. The molecule has 0 fully saturated rings. The Morgan fingerprint density at radius 3 is 1.87 bits per heavy atom. The van der Waals surface area contributed by atoms with Crippen molar-refractivity contribution < 1.29 is 19.8 Å². The first kappa shape index (κ1) is 17.9. The molecule has 0 radical (unpaired) electrons. The molecule has 0 amide bonds. The average Bonchev–Trinajstić information content (AvgIpc) is 3.37. The van der Waals surface area contributed by atoms with Crippen LogP contribution in [0.4, 0.5) is 0 Å². The molecular weight excluding hydrogens is 382 g/mol. The number of dihydropyridines is 1. The fraction of sp³-hybridized carbons (Fsp3) is 0.0870. The number of nitrogens with zero attached hydrogens (tertiary/aromatic N) is 1. The summed E-state index contributed by atoms with van der Waals surface area (Å²) in [5.41, 5.74) is 0.917. The lowest BCUT2D eigenvalue weighted by molar-refractivity contribution is -0.145. The van der Waals surface area contributed by atoms with E-state index < -0.39 is 23.4 Å². The fourth-order valence-electron chi connectivity index (χ4n) is 4.29. The van der Waals surface area contributed by atoms with Gasteiger partial charge >= 0.3 is 11.9 Å². The molecule has 30 heavy (non-hydrogen) atoms. The van der Waals surface area contributed by atoms with Gasteiger partial charge in [-0.2, -0.15) is 0 Å². The van der Waals surface area contributed by atoms with Gasteiger partial charge in [0.25, 0.3) is 0 Å². The molecule has 2 aromatic heterocycles. The summed E-state index contributed by atoms with van der Waals surface area (Å²) in [7, 11) is 0. The largest absolute Gasteiger partial charge is 0.481 e. The molecule has 1 aliphatic rings. The van der Waals surface area contributed by atoms with E-state index in [0.717, 1.165) is 21.8 Å². The Labute approximate surface area is 170 Å². The van der Waals surface area contributed by atoms with Crippen LogP contribution in [0.3, 0.4) is 0 Å². The number of hydrogen-bond donors (Lipinski definition) is 4. The van der Waals surface area contributed by atoms with Crippen LogP contribution in [0.1, 0.15) is 11.4 Å². The Bertz CT molecular complexity index is 1240. The Kier molecular flexibility index (Phi) is 3.86. The standard InChI is InChI=1S/C23H17N3O4/c27-21(28)15-9-10-24-23(20(15)22(29)30,18-11-13-5-1-3-7-16(13)25-18)19-12-14-6-2-4-8-17(14)26-19/h1-12,20,25-26H,(H,27,28)(H,29,30). The molecular formula is C23H17N3O4. The summed E-state index contributed by atoms with van der Waals surface area (Å²) in [4.78, 5) is 35.6. The number of allylic oxidation sites excluding steroid dienone is 1. The minimum atomic E-state index is -1.49. The summed E-state index contributed by atoms with van der Waals surface area (Å²) in [6.45, 7) is 0. The number of para-hydroxylation sites is 2. The van der Waals surface area contributed by atoms with Crippen molar-refractivity contribution in [1.29, 1.82) is 0 Å². The monoisotopic (exact) mass is 399 g/mol. The molecule has 3 heterocycles. The number of benzene rings is 2. The lowest BCUT2D eigenvalue weighted by Gasteiger charge is -2.36. The van der Waals surface area contributed by atoms with Gasteiger partial charge in [-0.25, -0.2) is 4.79 Å². The lowest BCUT2D eigenvalue weighted by Crippen LogP contribution is -2.44. The highest BCUT2D eigenvalue weighted by molar-refractivity contribution is 6.01. The van der Waals surface area contributed by atoms with Crippen LogP contribution in [-0.4, -0.2) is 38.3 Å². The van der Waals surface area contributed by atoms with Gasteiger partial charge in [-0.05, 0) is 41.1 Å². The Morgan fingerprint density at radius 2 is 1.40 bits per heavy atom. The lowest BCUT2D eigenvalue weighted by atomic mass is 9.73. The van der Waals surface area contributed by atoms with Crippen LogP contribution in [-0.2, 0) is 15.1 Å². The van der Waals surface area contributed by atoms with Gasteiger partial charge in [0.05, 0.1) is 17.0 Å². The highest BCUT2D eigenvalue weighted by atomic mass is 16.4. The second kappa shape index (κ2) is 6.45. The smallest absolute Gasteiger partial charge is 0.332 e. The third kappa shape index (κ3) is 2.49. The van der Waals surface area contributed by atoms with E-state index in [0.29, 0.717) is 11.4 Å². The van der Waals surface area contributed by atoms with Gasteiger partial charge < -0.3 is 20.2 Å². The van der Waals surface area contributed by atoms with Crippen molar-refractivity contribution in [3.63, 3.8) is 0 Å². The number of aliphatic carboxylic acids is 2. The number of carboxylic acids is 2. The van der Waals surface area contributed by atoms with Crippen molar-refractivity contribution in [2.75, 3.05) is 0 Å². The summed E-state index contributed by atoms with van der Waals surface area (Å²) in [5.74, 6) is -3.98. The highest BCUT2D eigenvalue weighted by Gasteiger charge is 2.53. The van der Waals surface area contributed by atoms with Crippen molar-refractivity contribution in [2.24, 2.45) is 10.9 Å². The molecule has 2 aromatic carbocycles. The van der Waals surface area contributed by atoms with Gasteiger partial charge in [0.1, 0.15) is 5.92 Å². The molecule has 0 saturated carbocycles. The zero-order chi connectivity index (χ0) is 20.9. The van der Waals surface area contributed by atoms with Crippen molar-refractivity contribution in [3.05, 3.63) is 83.7 Å². The first-order valence-electron chi connectivity index (χ1n) is 9.38. The van der Waals surface area contributed by atoms with Gasteiger partial charge in [-0.1, -0.05) is 36.4 Å². The van der Waals surface area contributed by atoms with E-state index in [1.807, 2.05) is 60.7 Å². The van der Waals surface area contributed by atoms with Crippen molar-refractivity contribution in [2.45, 2.75) is 5.54 Å². The molecule has 1 unspecified atom stereocenters. The Hall–Kier alpha value is -4.13. The normalized spacial score (nSPS) is 17.9. The van der Waals surface area contributed by atoms with Crippen LogP contribution in [0.2, 0.25) is 0 Å². The third-order valence-corrected chi connectivity index (χ3v) is 5.64. The number of carbonyl (C=O) groups is 2. The predicted octanol–water partition coefficient (Wildman–Crippen LogP) is 3.69. The molecule has 0 saturated heterocycles. The number of aromatic amines is 2. The molecule has 0 aliphatic carbocycles. The zero-order valence-corrected chi connectivity index (χ0v) is 15.7. The molecule has 1 atom stereocenters. The molecule has 1 aliphatic heterocycles. The van der Waals surface area contributed by atoms with E-state index in [9.17, 15) is 19.8 Å².